The van der Waals surface area contributed by atoms with Crippen LogP contribution in [0.25, 0.3) is 0 Å². The summed E-state index contributed by atoms with van der Waals surface area (Å²) in [5.74, 6) is 0.660. The van der Waals surface area contributed by atoms with Crippen LogP contribution in [0.3, 0.4) is 0 Å². The van der Waals surface area contributed by atoms with Crippen molar-refractivity contribution in [2.45, 2.75) is 26.4 Å². The van der Waals surface area contributed by atoms with Gasteiger partial charge in [0.15, 0.2) is 0 Å². The van der Waals surface area contributed by atoms with Gasteiger partial charge in [-0.1, -0.05) is 13.8 Å². The van der Waals surface area contributed by atoms with E-state index >= 15 is 0 Å². The summed E-state index contributed by atoms with van der Waals surface area (Å²) in [4.78, 5) is 3.75. The molecule has 1 saturated heterocycles. The van der Waals surface area contributed by atoms with Crippen molar-refractivity contribution in [2.75, 3.05) is 39.3 Å². The fourth-order valence-corrected chi connectivity index (χ4v) is 1.87. The molecule has 1 fully saturated rings. The molecule has 0 saturated carbocycles. The number of hydrogen-bond donors (Lipinski definition) is 0. The SMILES string of the molecule is CC(C)CCN1CCN(CC(F)(F)F)CC1. The van der Waals surface area contributed by atoms with Crippen LogP contribution in [0.15, 0.2) is 0 Å². The van der Waals surface area contributed by atoms with E-state index in [0.717, 1.165) is 26.1 Å². The van der Waals surface area contributed by atoms with E-state index in [2.05, 4.69) is 18.7 Å². The molecule has 0 N–H and O–H groups in total. The van der Waals surface area contributed by atoms with Crippen LogP contribution < -0.4 is 0 Å². The van der Waals surface area contributed by atoms with E-state index < -0.39 is 12.7 Å². The number of hydrogen-bond acceptors (Lipinski definition) is 2. The van der Waals surface area contributed by atoms with Crippen LogP contribution in [0.1, 0.15) is 20.3 Å². The second kappa shape index (κ2) is 5.87. The molecule has 0 atom stereocenters. The highest BCUT2D eigenvalue weighted by Crippen LogP contribution is 2.17. The summed E-state index contributed by atoms with van der Waals surface area (Å²) in [6.45, 7) is 7.20. The van der Waals surface area contributed by atoms with Gasteiger partial charge < -0.3 is 4.90 Å². The van der Waals surface area contributed by atoms with Gasteiger partial charge in [-0.3, -0.25) is 4.90 Å². The zero-order valence-electron chi connectivity index (χ0n) is 10.1. The number of alkyl halides is 3. The normalized spacial score (nSPS) is 20.6. The quantitative estimate of drug-likeness (QED) is 0.741. The van der Waals surface area contributed by atoms with Gasteiger partial charge in [-0.15, -0.1) is 0 Å². The largest absolute Gasteiger partial charge is 0.401 e. The first-order valence-corrected chi connectivity index (χ1v) is 5.88. The lowest BCUT2D eigenvalue weighted by Gasteiger charge is -2.35. The summed E-state index contributed by atoms with van der Waals surface area (Å²) < 4.78 is 36.4. The van der Waals surface area contributed by atoms with E-state index in [1.807, 2.05) is 0 Å². The first-order valence-electron chi connectivity index (χ1n) is 5.88. The molecule has 0 aromatic heterocycles. The minimum Gasteiger partial charge on any atom is -0.301 e. The van der Waals surface area contributed by atoms with Gasteiger partial charge in [0.1, 0.15) is 0 Å². The van der Waals surface area contributed by atoms with Gasteiger partial charge in [0.25, 0.3) is 0 Å². The van der Waals surface area contributed by atoms with E-state index in [0.29, 0.717) is 19.0 Å². The zero-order chi connectivity index (χ0) is 12.2. The smallest absolute Gasteiger partial charge is 0.301 e. The molecule has 1 heterocycles. The van der Waals surface area contributed by atoms with Gasteiger partial charge in [-0.05, 0) is 18.9 Å². The molecule has 0 amide bonds. The maximum absolute atomic E-state index is 12.1. The molecule has 0 unspecified atom stereocenters. The zero-order valence-corrected chi connectivity index (χ0v) is 10.1. The Hall–Kier alpha value is -0.290. The molecule has 1 rings (SSSR count). The lowest BCUT2D eigenvalue weighted by molar-refractivity contribution is -0.149. The number of rotatable bonds is 4. The summed E-state index contributed by atoms with van der Waals surface area (Å²) in [6, 6.07) is 0. The average Bonchev–Trinajstić information content (AvgIpc) is 2.14. The van der Waals surface area contributed by atoms with Gasteiger partial charge in [-0.25, -0.2) is 0 Å². The second-order valence-corrected chi connectivity index (χ2v) is 4.92. The minimum atomic E-state index is -4.06. The Labute approximate surface area is 95.4 Å². The molecule has 0 aromatic rings. The molecule has 16 heavy (non-hydrogen) atoms. The van der Waals surface area contributed by atoms with Crippen LogP contribution in [0.2, 0.25) is 0 Å². The van der Waals surface area contributed by atoms with Crippen molar-refractivity contribution in [3.8, 4) is 0 Å². The van der Waals surface area contributed by atoms with Crippen LogP contribution >= 0.6 is 0 Å². The Morgan fingerprint density at radius 3 is 1.94 bits per heavy atom. The highest BCUT2D eigenvalue weighted by Gasteiger charge is 2.31. The van der Waals surface area contributed by atoms with Gasteiger partial charge in [0.2, 0.25) is 0 Å². The maximum Gasteiger partial charge on any atom is 0.401 e. The van der Waals surface area contributed by atoms with Gasteiger partial charge in [0.05, 0.1) is 6.54 Å². The van der Waals surface area contributed by atoms with Crippen molar-refractivity contribution >= 4 is 0 Å². The molecule has 5 heteroatoms. The average molecular weight is 238 g/mol. The Morgan fingerprint density at radius 2 is 1.50 bits per heavy atom. The van der Waals surface area contributed by atoms with E-state index in [-0.39, 0.29) is 0 Å². The molecule has 2 nitrogen and oxygen atoms in total. The summed E-state index contributed by atoms with van der Waals surface area (Å²) in [5.41, 5.74) is 0. The van der Waals surface area contributed by atoms with Gasteiger partial charge >= 0.3 is 6.18 Å². The van der Waals surface area contributed by atoms with Crippen LogP contribution in [0, 0.1) is 5.92 Å². The van der Waals surface area contributed by atoms with Crippen molar-refractivity contribution in [3.63, 3.8) is 0 Å². The van der Waals surface area contributed by atoms with Crippen LogP contribution in [-0.2, 0) is 0 Å². The predicted molar refractivity (Wildman–Crippen MR) is 58.4 cm³/mol. The van der Waals surface area contributed by atoms with E-state index in [1.165, 1.54) is 4.90 Å². The molecular formula is C11H21F3N2. The fourth-order valence-electron chi connectivity index (χ4n) is 1.87. The van der Waals surface area contributed by atoms with E-state index in [9.17, 15) is 13.2 Å². The number of piperazine rings is 1. The third-order valence-electron chi connectivity index (χ3n) is 2.89. The minimum absolute atomic E-state index is 0.539. The molecule has 96 valence electrons. The molecule has 0 aromatic carbocycles. The monoisotopic (exact) mass is 238 g/mol. The van der Waals surface area contributed by atoms with Gasteiger partial charge in [0, 0.05) is 26.2 Å². The summed E-state index contributed by atoms with van der Waals surface area (Å²) >= 11 is 0. The summed E-state index contributed by atoms with van der Waals surface area (Å²) in [5, 5.41) is 0. The molecule has 1 aliphatic heterocycles. The fraction of sp³-hybridized carbons (Fsp3) is 1.00. The van der Waals surface area contributed by atoms with Crippen LogP contribution in [-0.4, -0.2) is 55.2 Å². The van der Waals surface area contributed by atoms with Crippen molar-refractivity contribution in [2.24, 2.45) is 5.92 Å². The number of nitrogens with zero attached hydrogens (tertiary/aromatic N) is 2. The first kappa shape index (κ1) is 13.8. The summed E-state index contributed by atoms with van der Waals surface area (Å²) in [7, 11) is 0. The third-order valence-corrected chi connectivity index (χ3v) is 2.89. The Balaban J connectivity index is 2.18. The lowest BCUT2D eigenvalue weighted by Crippen LogP contribution is -2.49. The maximum atomic E-state index is 12.1. The molecule has 0 aliphatic carbocycles. The van der Waals surface area contributed by atoms with Crippen molar-refractivity contribution in [1.82, 2.24) is 9.80 Å². The molecular weight excluding hydrogens is 217 g/mol. The molecule has 1 aliphatic rings. The summed E-state index contributed by atoms with van der Waals surface area (Å²) in [6.07, 6.45) is -2.93. The predicted octanol–water partition coefficient (Wildman–Crippen LogP) is 2.21. The topological polar surface area (TPSA) is 6.48 Å². The standard InChI is InChI=1S/C11H21F3N2/c1-10(2)3-4-15-5-7-16(8-6-15)9-11(12,13)14/h10H,3-9H2,1-2H3. The Kier molecular flexibility index (Phi) is 5.05. The number of halogens is 3. The van der Waals surface area contributed by atoms with Crippen LogP contribution in [0.4, 0.5) is 13.2 Å². The first-order chi connectivity index (χ1) is 7.37. The highest BCUT2D eigenvalue weighted by atomic mass is 19.4. The second-order valence-electron chi connectivity index (χ2n) is 4.92. The van der Waals surface area contributed by atoms with Gasteiger partial charge in [-0.2, -0.15) is 13.2 Å². The van der Waals surface area contributed by atoms with Crippen molar-refractivity contribution in [3.05, 3.63) is 0 Å². The Morgan fingerprint density at radius 1 is 1.00 bits per heavy atom. The molecule has 0 spiro atoms. The lowest BCUT2D eigenvalue weighted by atomic mass is 10.1. The van der Waals surface area contributed by atoms with Crippen LogP contribution in [0.5, 0.6) is 0 Å². The molecule has 0 radical (unpaired) electrons. The van der Waals surface area contributed by atoms with Crippen molar-refractivity contribution < 1.29 is 13.2 Å². The highest BCUT2D eigenvalue weighted by molar-refractivity contribution is 4.74. The van der Waals surface area contributed by atoms with E-state index in [1.54, 1.807) is 0 Å². The Bertz CT molecular complexity index is 196. The van der Waals surface area contributed by atoms with E-state index in [4.69, 9.17) is 0 Å². The molecule has 0 bridgehead atoms. The van der Waals surface area contributed by atoms with Crippen molar-refractivity contribution in [1.29, 1.82) is 0 Å². The third kappa shape index (κ3) is 5.70.